The van der Waals surface area contributed by atoms with Crippen LogP contribution < -0.4 is 19.7 Å². The molecule has 1 saturated heterocycles. The number of esters is 1. The number of anilines is 2. The molecule has 1 fully saturated rings. The second-order valence-corrected chi connectivity index (χ2v) is 6.79. The van der Waals surface area contributed by atoms with Crippen molar-refractivity contribution in [2.45, 2.75) is 6.42 Å². The second-order valence-electron chi connectivity index (χ2n) is 6.79. The van der Waals surface area contributed by atoms with E-state index in [2.05, 4.69) is 5.32 Å². The van der Waals surface area contributed by atoms with Gasteiger partial charge in [0.05, 0.1) is 18.6 Å². The van der Waals surface area contributed by atoms with E-state index in [1.165, 1.54) is 12.0 Å². The van der Waals surface area contributed by atoms with Gasteiger partial charge in [-0.15, -0.1) is 0 Å². The zero-order valence-electron chi connectivity index (χ0n) is 15.8. The molecule has 1 unspecified atom stereocenters. The Balaban J connectivity index is 1.45. The van der Waals surface area contributed by atoms with Gasteiger partial charge in [0, 0.05) is 30.4 Å². The van der Waals surface area contributed by atoms with Crippen LogP contribution >= 0.6 is 0 Å². The molecule has 2 aliphatic rings. The highest BCUT2D eigenvalue weighted by Crippen LogP contribution is 2.33. The molecule has 2 aromatic carbocycles. The van der Waals surface area contributed by atoms with Gasteiger partial charge in [0.2, 0.25) is 11.8 Å². The number of hydrogen-bond donors (Lipinski definition) is 1. The van der Waals surface area contributed by atoms with Gasteiger partial charge in [0.25, 0.3) is 0 Å². The van der Waals surface area contributed by atoms with E-state index < -0.39 is 11.9 Å². The number of carbonyl (C=O) groups excluding carboxylic acids is 3. The summed E-state index contributed by atoms with van der Waals surface area (Å²) >= 11 is 0. The molecule has 2 heterocycles. The zero-order valence-corrected chi connectivity index (χ0v) is 15.8. The number of amides is 2. The van der Waals surface area contributed by atoms with Crippen LogP contribution in [0.4, 0.5) is 11.4 Å². The van der Waals surface area contributed by atoms with Crippen LogP contribution in [0.5, 0.6) is 11.5 Å². The fraction of sp³-hybridized carbons (Fsp3) is 0.286. The second kappa shape index (κ2) is 7.83. The Morgan fingerprint density at radius 2 is 1.90 bits per heavy atom. The fourth-order valence-electron chi connectivity index (χ4n) is 3.42. The predicted octanol–water partition coefficient (Wildman–Crippen LogP) is 2.24. The number of rotatable bonds is 4. The molecule has 8 nitrogen and oxygen atoms in total. The lowest BCUT2D eigenvalue weighted by Gasteiger charge is -2.19. The van der Waals surface area contributed by atoms with Crippen molar-refractivity contribution in [2.24, 2.45) is 5.92 Å². The van der Waals surface area contributed by atoms with Crippen molar-refractivity contribution in [3.63, 3.8) is 0 Å². The summed E-state index contributed by atoms with van der Waals surface area (Å²) in [5, 5.41) is 2.84. The van der Waals surface area contributed by atoms with Crippen molar-refractivity contribution in [3.8, 4) is 11.5 Å². The lowest BCUT2D eigenvalue weighted by molar-refractivity contribution is -0.122. The van der Waals surface area contributed by atoms with Gasteiger partial charge in [-0.05, 0) is 30.3 Å². The van der Waals surface area contributed by atoms with Crippen LogP contribution in [0, 0.1) is 5.92 Å². The number of methoxy groups -OCH3 is 1. The largest absolute Gasteiger partial charge is 0.486 e. The van der Waals surface area contributed by atoms with Crippen LogP contribution in [0.2, 0.25) is 0 Å². The molecule has 0 bridgehead atoms. The monoisotopic (exact) mass is 396 g/mol. The minimum Gasteiger partial charge on any atom is -0.486 e. The van der Waals surface area contributed by atoms with E-state index in [0.717, 1.165) is 0 Å². The quantitative estimate of drug-likeness (QED) is 0.797. The van der Waals surface area contributed by atoms with Gasteiger partial charge < -0.3 is 24.4 Å². The van der Waals surface area contributed by atoms with Crippen LogP contribution in [0.3, 0.4) is 0 Å². The molecule has 1 atom stereocenters. The standard InChI is InChI=1S/C21H20N2O6/c1-27-21(26)13-3-2-4-16(9-13)23-12-14(10-19(23)24)20(25)22-15-5-6-17-18(11-15)29-8-7-28-17/h2-6,9,11,14H,7-8,10,12H2,1H3,(H,22,25). The number of carbonyl (C=O) groups is 3. The fourth-order valence-corrected chi connectivity index (χ4v) is 3.42. The maximum Gasteiger partial charge on any atom is 0.337 e. The number of benzene rings is 2. The molecule has 0 radical (unpaired) electrons. The Labute approximate surface area is 167 Å². The molecular weight excluding hydrogens is 376 g/mol. The Hall–Kier alpha value is -3.55. The number of nitrogens with one attached hydrogen (secondary N) is 1. The van der Waals surface area contributed by atoms with E-state index in [-0.39, 0.29) is 24.8 Å². The Kier molecular flexibility index (Phi) is 5.07. The third-order valence-electron chi connectivity index (χ3n) is 4.88. The molecule has 29 heavy (non-hydrogen) atoms. The maximum atomic E-state index is 12.7. The predicted molar refractivity (Wildman–Crippen MR) is 104 cm³/mol. The molecule has 2 aromatic rings. The minimum atomic E-state index is -0.502. The van der Waals surface area contributed by atoms with Gasteiger partial charge in [-0.3, -0.25) is 9.59 Å². The number of ether oxygens (including phenoxy) is 3. The van der Waals surface area contributed by atoms with Crippen LogP contribution in [0.15, 0.2) is 42.5 Å². The highest BCUT2D eigenvalue weighted by atomic mass is 16.6. The molecule has 2 aliphatic heterocycles. The average molecular weight is 396 g/mol. The highest BCUT2D eigenvalue weighted by molar-refractivity contribution is 6.04. The number of hydrogen-bond acceptors (Lipinski definition) is 6. The molecular formula is C21H20N2O6. The van der Waals surface area contributed by atoms with Crippen LogP contribution in [-0.2, 0) is 14.3 Å². The summed E-state index contributed by atoms with van der Waals surface area (Å²) in [5.74, 6) is -0.181. The average Bonchev–Trinajstić information content (AvgIpc) is 3.15. The van der Waals surface area contributed by atoms with E-state index in [1.54, 1.807) is 42.5 Å². The first-order valence-corrected chi connectivity index (χ1v) is 9.24. The van der Waals surface area contributed by atoms with Crippen molar-refractivity contribution in [1.82, 2.24) is 0 Å². The normalized spacial score (nSPS) is 17.8. The van der Waals surface area contributed by atoms with Gasteiger partial charge in [-0.25, -0.2) is 4.79 Å². The van der Waals surface area contributed by atoms with Crippen molar-refractivity contribution < 1.29 is 28.6 Å². The van der Waals surface area contributed by atoms with Crippen molar-refractivity contribution >= 4 is 29.2 Å². The highest BCUT2D eigenvalue weighted by Gasteiger charge is 2.35. The van der Waals surface area contributed by atoms with E-state index in [0.29, 0.717) is 41.7 Å². The molecule has 0 saturated carbocycles. The molecule has 0 aliphatic carbocycles. The summed E-state index contributed by atoms with van der Waals surface area (Å²) in [6.07, 6.45) is 0.0961. The molecule has 8 heteroatoms. The summed E-state index contributed by atoms with van der Waals surface area (Å²) in [5.41, 5.74) is 1.49. The molecule has 1 N–H and O–H groups in total. The Morgan fingerprint density at radius 1 is 1.10 bits per heavy atom. The van der Waals surface area contributed by atoms with Crippen LogP contribution in [0.1, 0.15) is 16.8 Å². The lowest BCUT2D eigenvalue weighted by Crippen LogP contribution is -2.28. The third kappa shape index (κ3) is 3.87. The Morgan fingerprint density at radius 3 is 2.69 bits per heavy atom. The first-order chi connectivity index (χ1) is 14.0. The topological polar surface area (TPSA) is 94.2 Å². The Bertz CT molecular complexity index is 973. The van der Waals surface area contributed by atoms with Crippen LogP contribution in [-0.4, -0.2) is 44.7 Å². The van der Waals surface area contributed by atoms with Gasteiger partial charge in [0.1, 0.15) is 13.2 Å². The first-order valence-electron chi connectivity index (χ1n) is 9.24. The summed E-state index contributed by atoms with van der Waals surface area (Å²) < 4.78 is 15.7. The van der Waals surface area contributed by atoms with Crippen molar-refractivity contribution in [1.29, 1.82) is 0 Å². The molecule has 150 valence electrons. The summed E-state index contributed by atoms with van der Waals surface area (Å²) in [6.45, 7) is 1.19. The van der Waals surface area contributed by atoms with E-state index in [9.17, 15) is 14.4 Å². The van der Waals surface area contributed by atoms with Crippen molar-refractivity contribution in [2.75, 3.05) is 37.1 Å². The van der Waals surface area contributed by atoms with Gasteiger partial charge in [-0.2, -0.15) is 0 Å². The molecule has 4 rings (SSSR count). The van der Waals surface area contributed by atoms with E-state index >= 15 is 0 Å². The smallest absolute Gasteiger partial charge is 0.337 e. The van der Waals surface area contributed by atoms with Crippen molar-refractivity contribution in [3.05, 3.63) is 48.0 Å². The molecule has 0 spiro atoms. The number of fused-ring (bicyclic) bond motifs is 1. The maximum absolute atomic E-state index is 12.7. The van der Waals surface area contributed by atoms with E-state index in [1.807, 2.05) is 0 Å². The minimum absolute atomic E-state index is 0.0961. The molecule has 2 amide bonds. The number of nitrogens with zero attached hydrogens (tertiary/aromatic N) is 1. The summed E-state index contributed by atoms with van der Waals surface area (Å²) in [4.78, 5) is 38.4. The molecule has 0 aromatic heterocycles. The summed E-state index contributed by atoms with van der Waals surface area (Å²) in [6, 6.07) is 11.8. The third-order valence-corrected chi connectivity index (χ3v) is 4.88. The van der Waals surface area contributed by atoms with Gasteiger partial charge in [-0.1, -0.05) is 6.07 Å². The first kappa shape index (κ1) is 18.8. The lowest BCUT2D eigenvalue weighted by atomic mass is 10.1. The van der Waals surface area contributed by atoms with Gasteiger partial charge >= 0.3 is 5.97 Å². The van der Waals surface area contributed by atoms with E-state index in [4.69, 9.17) is 14.2 Å². The summed E-state index contributed by atoms with van der Waals surface area (Å²) in [7, 11) is 1.30. The SMILES string of the molecule is COC(=O)c1cccc(N2CC(C(=O)Nc3ccc4c(c3)OCCO4)CC2=O)c1. The van der Waals surface area contributed by atoms with Gasteiger partial charge in [0.15, 0.2) is 11.5 Å². The zero-order chi connectivity index (χ0) is 20.4. The van der Waals surface area contributed by atoms with Crippen LogP contribution in [0.25, 0.3) is 0 Å².